The Labute approximate surface area is 171 Å². The number of carbonyl (C=O) groups excluding carboxylic acids is 3. The lowest BCUT2D eigenvalue weighted by molar-refractivity contribution is -0.274. The topological polar surface area (TPSA) is 87.7 Å². The molecular weight excluding hydrogens is 403 g/mol. The molecule has 2 aliphatic rings. The Hall–Kier alpha value is -3.04. The van der Waals surface area contributed by atoms with Crippen molar-refractivity contribution in [3.63, 3.8) is 0 Å². The highest BCUT2D eigenvalue weighted by Gasteiger charge is 2.51. The van der Waals surface area contributed by atoms with Crippen LogP contribution < -0.4 is 15.4 Å². The zero-order chi connectivity index (χ0) is 21.8. The fourth-order valence-electron chi connectivity index (χ4n) is 3.71. The van der Waals surface area contributed by atoms with Crippen molar-refractivity contribution in [2.75, 3.05) is 13.1 Å². The standard InChI is InChI=1S/C20H22F3N3O4/c21-20(22,23)30-15-7-2-1-6-14(15)8-9-16(27)24-12-5-13-26-17(28)19(25-18(26)29)10-3-4-11-19/h1-2,6-9H,3-5,10-13H2,(H,24,27)(H,25,29). The summed E-state index contributed by atoms with van der Waals surface area (Å²) in [7, 11) is 0. The Bertz CT molecular complexity index is 848. The van der Waals surface area contributed by atoms with E-state index in [1.54, 1.807) is 0 Å². The molecule has 1 aliphatic heterocycles. The van der Waals surface area contributed by atoms with Gasteiger partial charge in [0.25, 0.3) is 5.91 Å². The molecule has 162 valence electrons. The highest BCUT2D eigenvalue weighted by Crippen LogP contribution is 2.35. The lowest BCUT2D eigenvalue weighted by Gasteiger charge is -2.20. The van der Waals surface area contributed by atoms with Crippen LogP contribution in [-0.2, 0) is 9.59 Å². The zero-order valence-electron chi connectivity index (χ0n) is 16.1. The van der Waals surface area contributed by atoms with E-state index in [1.807, 2.05) is 0 Å². The summed E-state index contributed by atoms with van der Waals surface area (Å²) in [4.78, 5) is 37.7. The number of carbonyl (C=O) groups is 3. The smallest absolute Gasteiger partial charge is 0.405 e. The van der Waals surface area contributed by atoms with E-state index < -0.39 is 29.6 Å². The Balaban J connectivity index is 1.46. The maximum atomic E-state index is 12.5. The molecule has 1 aromatic carbocycles. The van der Waals surface area contributed by atoms with E-state index in [0.717, 1.165) is 25.0 Å². The number of nitrogens with one attached hydrogen (secondary N) is 2. The lowest BCUT2D eigenvalue weighted by Crippen LogP contribution is -2.44. The molecule has 0 radical (unpaired) electrons. The van der Waals surface area contributed by atoms with Crippen LogP contribution in [0.2, 0.25) is 0 Å². The molecule has 0 atom stereocenters. The normalized spacial score (nSPS) is 18.3. The van der Waals surface area contributed by atoms with Gasteiger partial charge in [-0.3, -0.25) is 14.5 Å². The van der Waals surface area contributed by atoms with Gasteiger partial charge in [-0.1, -0.05) is 31.0 Å². The minimum absolute atomic E-state index is 0.103. The van der Waals surface area contributed by atoms with Crippen molar-refractivity contribution >= 4 is 23.9 Å². The maximum Gasteiger partial charge on any atom is 0.573 e. The van der Waals surface area contributed by atoms with Gasteiger partial charge in [0.15, 0.2) is 0 Å². The maximum absolute atomic E-state index is 12.5. The molecule has 10 heteroatoms. The minimum atomic E-state index is -4.83. The monoisotopic (exact) mass is 425 g/mol. The average Bonchev–Trinajstić information content (AvgIpc) is 3.23. The van der Waals surface area contributed by atoms with Crippen molar-refractivity contribution < 1.29 is 32.3 Å². The number of benzene rings is 1. The summed E-state index contributed by atoms with van der Waals surface area (Å²) in [5.41, 5.74) is -0.652. The van der Waals surface area contributed by atoms with Crippen LogP contribution in [-0.4, -0.2) is 47.7 Å². The summed E-state index contributed by atoms with van der Waals surface area (Å²) in [5.74, 6) is -1.13. The molecule has 7 nitrogen and oxygen atoms in total. The van der Waals surface area contributed by atoms with E-state index >= 15 is 0 Å². The molecule has 1 spiro atoms. The minimum Gasteiger partial charge on any atom is -0.405 e. The fraction of sp³-hybridized carbons (Fsp3) is 0.450. The Morgan fingerprint density at radius 3 is 2.63 bits per heavy atom. The number of halogens is 3. The van der Waals surface area contributed by atoms with Crippen LogP contribution in [0.5, 0.6) is 5.75 Å². The van der Waals surface area contributed by atoms with Gasteiger partial charge >= 0.3 is 12.4 Å². The first-order chi connectivity index (χ1) is 14.2. The second-order valence-electron chi connectivity index (χ2n) is 7.24. The summed E-state index contributed by atoms with van der Waals surface area (Å²) < 4.78 is 41.2. The van der Waals surface area contributed by atoms with Crippen molar-refractivity contribution in [2.45, 2.75) is 44.0 Å². The molecular formula is C20H22F3N3O4. The molecule has 4 amide bonds. The third-order valence-corrected chi connectivity index (χ3v) is 5.12. The number of hydrogen-bond acceptors (Lipinski definition) is 4. The second kappa shape index (κ2) is 8.76. The second-order valence-corrected chi connectivity index (χ2v) is 7.24. The van der Waals surface area contributed by atoms with Crippen molar-refractivity contribution in [2.24, 2.45) is 0 Å². The number of nitrogens with zero attached hydrogens (tertiary/aromatic N) is 1. The lowest BCUT2D eigenvalue weighted by atomic mass is 9.98. The van der Waals surface area contributed by atoms with Crippen LogP contribution in [0.4, 0.5) is 18.0 Å². The van der Waals surface area contributed by atoms with E-state index in [-0.39, 0.29) is 24.6 Å². The number of rotatable bonds is 7. The number of para-hydroxylation sites is 1. The first-order valence-electron chi connectivity index (χ1n) is 9.65. The molecule has 2 N–H and O–H groups in total. The van der Waals surface area contributed by atoms with Gasteiger partial charge in [0.2, 0.25) is 5.91 Å². The molecule has 1 saturated heterocycles. The third-order valence-electron chi connectivity index (χ3n) is 5.12. The predicted molar refractivity (Wildman–Crippen MR) is 101 cm³/mol. The fourth-order valence-corrected chi connectivity index (χ4v) is 3.71. The van der Waals surface area contributed by atoms with Crippen LogP contribution in [0, 0.1) is 0 Å². The largest absolute Gasteiger partial charge is 0.573 e. The van der Waals surface area contributed by atoms with E-state index in [0.29, 0.717) is 19.3 Å². The molecule has 0 aromatic heterocycles. The number of ether oxygens (including phenoxy) is 1. The highest BCUT2D eigenvalue weighted by atomic mass is 19.4. The van der Waals surface area contributed by atoms with Crippen LogP contribution in [0.25, 0.3) is 6.08 Å². The van der Waals surface area contributed by atoms with E-state index in [1.165, 1.54) is 29.2 Å². The van der Waals surface area contributed by atoms with E-state index in [2.05, 4.69) is 15.4 Å². The summed E-state index contributed by atoms with van der Waals surface area (Å²) in [6.45, 7) is 0.382. The first kappa shape index (κ1) is 21.7. The van der Waals surface area contributed by atoms with Crippen LogP contribution >= 0.6 is 0 Å². The highest BCUT2D eigenvalue weighted by molar-refractivity contribution is 6.07. The van der Waals surface area contributed by atoms with E-state index in [4.69, 9.17) is 0 Å². The molecule has 1 saturated carbocycles. The Morgan fingerprint density at radius 1 is 1.23 bits per heavy atom. The van der Waals surface area contributed by atoms with Crippen molar-refractivity contribution in [1.82, 2.24) is 15.5 Å². The van der Waals surface area contributed by atoms with Gasteiger partial charge in [-0.05, 0) is 31.4 Å². The molecule has 3 rings (SSSR count). The Kier molecular flexibility index (Phi) is 6.33. The number of amides is 4. The average molecular weight is 425 g/mol. The van der Waals surface area contributed by atoms with Gasteiger partial charge in [-0.15, -0.1) is 13.2 Å². The number of alkyl halides is 3. The summed E-state index contributed by atoms with van der Waals surface area (Å²) >= 11 is 0. The van der Waals surface area contributed by atoms with E-state index in [9.17, 15) is 27.6 Å². The predicted octanol–water partition coefficient (Wildman–Crippen LogP) is 2.97. The van der Waals surface area contributed by atoms with Crippen molar-refractivity contribution in [3.8, 4) is 5.75 Å². The van der Waals surface area contributed by atoms with Crippen LogP contribution in [0.3, 0.4) is 0 Å². The molecule has 1 aliphatic carbocycles. The molecule has 30 heavy (non-hydrogen) atoms. The zero-order valence-corrected chi connectivity index (χ0v) is 16.1. The first-order valence-corrected chi connectivity index (χ1v) is 9.65. The molecule has 1 aromatic rings. The summed E-state index contributed by atoms with van der Waals surface area (Å²) in [5, 5.41) is 5.36. The summed E-state index contributed by atoms with van der Waals surface area (Å²) in [6, 6.07) is 5.05. The van der Waals surface area contributed by atoms with Gasteiger partial charge in [-0.2, -0.15) is 0 Å². The Morgan fingerprint density at radius 2 is 1.93 bits per heavy atom. The van der Waals surface area contributed by atoms with Gasteiger partial charge in [-0.25, -0.2) is 4.79 Å². The summed E-state index contributed by atoms with van der Waals surface area (Å²) in [6.07, 6.45) is 0.950. The molecule has 0 bridgehead atoms. The van der Waals surface area contributed by atoms with Gasteiger partial charge in [0, 0.05) is 24.7 Å². The quantitative estimate of drug-likeness (QED) is 0.400. The molecule has 1 heterocycles. The van der Waals surface area contributed by atoms with Crippen LogP contribution in [0.15, 0.2) is 30.3 Å². The molecule has 0 unspecified atom stereocenters. The number of hydrogen-bond donors (Lipinski definition) is 2. The number of urea groups is 1. The van der Waals surface area contributed by atoms with Crippen LogP contribution in [0.1, 0.15) is 37.7 Å². The van der Waals surface area contributed by atoms with Gasteiger partial charge in [0.1, 0.15) is 11.3 Å². The van der Waals surface area contributed by atoms with Crippen molar-refractivity contribution in [1.29, 1.82) is 0 Å². The third kappa shape index (κ3) is 5.11. The molecule has 2 fully saturated rings. The number of imide groups is 1. The van der Waals surface area contributed by atoms with Gasteiger partial charge in [0.05, 0.1) is 0 Å². The van der Waals surface area contributed by atoms with Gasteiger partial charge < -0.3 is 15.4 Å². The van der Waals surface area contributed by atoms with Crippen molar-refractivity contribution in [3.05, 3.63) is 35.9 Å². The SMILES string of the molecule is O=C(C=Cc1ccccc1OC(F)(F)F)NCCCN1C(=O)NC2(CCCC2)C1=O.